The van der Waals surface area contributed by atoms with E-state index in [1.165, 1.54) is 12.8 Å². The van der Waals surface area contributed by atoms with Gasteiger partial charge in [-0.1, -0.05) is 54.9 Å². The summed E-state index contributed by atoms with van der Waals surface area (Å²) >= 11 is 3.61. The monoisotopic (exact) mass is 337 g/mol. The van der Waals surface area contributed by atoms with E-state index in [0.717, 1.165) is 17.7 Å². The number of amides is 1. The number of hydrogen-bond donors (Lipinski definition) is 0. The molecular formula is C17H24BrNO. The standard InChI is InChI=1S/C17H24BrNO/c1-17(2,3)15-8-6-5-7-14(15)16(20)19(4)11-12-9-13(18)10-12/h5-8,12-13H,9-11H2,1-4H3. The third-order valence-electron chi connectivity index (χ3n) is 4.02. The fraction of sp³-hybridized carbons (Fsp3) is 0.588. The van der Waals surface area contributed by atoms with Crippen LogP contribution in [0.25, 0.3) is 0 Å². The van der Waals surface area contributed by atoms with E-state index in [1.807, 2.05) is 30.1 Å². The van der Waals surface area contributed by atoms with Crippen LogP contribution in [0.5, 0.6) is 0 Å². The lowest BCUT2D eigenvalue weighted by molar-refractivity contribution is 0.0746. The predicted octanol–water partition coefficient (Wildman–Crippen LogP) is 4.23. The Morgan fingerprint density at radius 1 is 1.30 bits per heavy atom. The molecule has 20 heavy (non-hydrogen) atoms. The third kappa shape index (κ3) is 3.43. The molecule has 0 N–H and O–H groups in total. The van der Waals surface area contributed by atoms with Crippen molar-refractivity contribution in [1.29, 1.82) is 0 Å². The van der Waals surface area contributed by atoms with Crippen molar-refractivity contribution in [1.82, 2.24) is 4.90 Å². The van der Waals surface area contributed by atoms with Gasteiger partial charge in [-0.05, 0) is 35.8 Å². The molecule has 1 aromatic carbocycles. The lowest BCUT2D eigenvalue weighted by atomic mass is 9.82. The van der Waals surface area contributed by atoms with E-state index in [0.29, 0.717) is 10.7 Å². The van der Waals surface area contributed by atoms with Crippen molar-refractivity contribution in [2.45, 2.75) is 43.9 Å². The summed E-state index contributed by atoms with van der Waals surface area (Å²) in [6, 6.07) is 7.99. The Balaban J connectivity index is 2.12. The number of carbonyl (C=O) groups excluding carboxylic acids is 1. The first-order valence-electron chi connectivity index (χ1n) is 7.28. The van der Waals surface area contributed by atoms with Gasteiger partial charge in [0, 0.05) is 24.0 Å². The van der Waals surface area contributed by atoms with Crippen LogP contribution < -0.4 is 0 Å². The average Bonchev–Trinajstić information content (AvgIpc) is 2.35. The first-order valence-corrected chi connectivity index (χ1v) is 8.19. The van der Waals surface area contributed by atoms with Gasteiger partial charge in [0.2, 0.25) is 0 Å². The van der Waals surface area contributed by atoms with Crippen LogP contribution in [0.3, 0.4) is 0 Å². The molecule has 3 heteroatoms. The molecule has 0 atom stereocenters. The molecule has 0 aromatic heterocycles. The van der Waals surface area contributed by atoms with E-state index in [1.54, 1.807) is 0 Å². The lowest BCUT2D eigenvalue weighted by Gasteiger charge is -2.35. The quantitative estimate of drug-likeness (QED) is 0.756. The molecule has 0 unspecified atom stereocenters. The van der Waals surface area contributed by atoms with E-state index in [2.05, 4.69) is 42.8 Å². The van der Waals surface area contributed by atoms with Gasteiger partial charge in [0.25, 0.3) is 5.91 Å². The lowest BCUT2D eigenvalue weighted by Crippen LogP contribution is -2.38. The van der Waals surface area contributed by atoms with E-state index < -0.39 is 0 Å². The highest BCUT2D eigenvalue weighted by Crippen LogP contribution is 2.34. The van der Waals surface area contributed by atoms with Gasteiger partial charge in [0.15, 0.2) is 0 Å². The minimum atomic E-state index is -0.00941. The normalized spacial score (nSPS) is 22.2. The van der Waals surface area contributed by atoms with Crippen LogP contribution in [0.1, 0.15) is 49.5 Å². The number of nitrogens with zero attached hydrogens (tertiary/aromatic N) is 1. The second-order valence-electron chi connectivity index (χ2n) is 6.92. The molecule has 0 saturated heterocycles. The predicted molar refractivity (Wildman–Crippen MR) is 87.5 cm³/mol. The van der Waals surface area contributed by atoms with Crippen molar-refractivity contribution >= 4 is 21.8 Å². The molecule has 2 nitrogen and oxygen atoms in total. The number of rotatable bonds is 3. The number of carbonyl (C=O) groups is 1. The van der Waals surface area contributed by atoms with Crippen molar-refractivity contribution in [2.24, 2.45) is 5.92 Å². The molecule has 0 heterocycles. The van der Waals surface area contributed by atoms with Gasteiger partial charge < -0.3 is 4.90 Å². The van der Waals surface area contributed by atoms with Crippen LogP contribution in [0.4, 0.5) is 0 Å². The van der Waals surface area contributed by atoms with Crippen LogP contribution in [0.15, 0.2) is 24.3 Å². The van der Waals surface area contributed by atoms with Crippen LogP contribution in [-0.4, -0.2) is 29.2 Å². The number of alkyl halides is 1. The molecule has 1 saturated carbocycles. The Hall–Kier alpha value is -0.830. The van der Waals surface area contributed by atoms with Crippen molar-refractivity contribution in [3.05, 3.63) is 35.4 Å². The zero-order chi connectivity index (χ0) is 14.9. The van der Waals surface area contributed by atoms with E-state index in [9.17, 15) is 4.79 Å². The summed E-state index contributed by atoms with van der Waals surface area (Å²) in [6.07, 6.45) is 2.36. The highest BCUT2D eigenvalue weighted by Gasteiger charge is 2.30. The fourth-order valence-corrected chi connectivity index (χ4v) is 3.86. The molecular weight excluding hydrogens is 314 g/mol. The molecule has 1 amide bonds. The second-order valence-corrected chi connectivity index (χ2v) is 8.21. The highest BCUT2D eigenvalue weighted by atomic mass is 79.9. The molecule has 110 valence electrons. The molecule has 1 fully saturated rings. The molecule has 0 spiro atoms. The molecule has 0 radical (unpaired) electrons. The summed E-state index contributed by atoms with van der Waals surface area (Å²) < 4.78 is 0. The largest absolute Gasteiger partial charge is 0.341 e. The van der Waals surface area contributed by atoms with Gasteiger partial charge in [-0.3, -0.25) is 4.79 Å². The smallest absolute Gasteiger partial charge is 0.253 e. The summed E-state index contributed by atoms with van der Waals surface area (Å²) in [5.41, 5.74) is 1.96. The molecule has 2 rings (SSSR count). The minimum Gasteiger partial charge on any atom is -0.341 e. The van der Waals surface area contributed by atoms with Crippen molar-refractivity contribution in [2.75, 3.05) is 13.6 Å². The zero-order valence-corrected chi connectivity index (χ0v) is 14.4. The molecule has 1 aliphatic carbocycles. The summed E-state index contributed by atoms with van der Waals surface area (Å²) in [4.78, 5) is 15.2. The van der Waals surface area contributed by atoms with Crippen molar-refractivity contribution < 1.29 is 4.79 Å². The number of benzene rings is 1. The first kappa shape index (κ1) is 15.6. The van der Waals surface area contributed by atoms with Crippen molar-refractivity contribution in [3.63, 3.8) is 0 Å². The Morgan fingerprint density at radius 3 is 2.45 bits per heavy atom. The maximum Gasteiger partial charge on any atom is 0.253 e. The number of hydrogen-bond acceptors (Lipinski definition) is 1. The summed E-state index contributed by atoms with van der Waals surface area (Å²) in [7, 11) is 1.92. The van der Waals surface area contributed by atoms with Gasteiger partial charge in [0.05, 0.1) is 0 Å². The Kier molecular flexibility index (Phi) is 4.58. The van der Waals surface area contributed by atoms with Gasteiger partial charge in [-0.25, -0.2) is 0 Å². The van der Waals surface area contributed by atoms with Crippen molar-refractivity contribution in [3.8, 4) is 0 Å². The maximum atomic E-state index is 12.7. The van der Waals surface area contributed by atoms with Gasteiger partial charge in [-0.15, -0.1) is 0 Å². The Morgan fingerprint density at radius 2 is 1.90 bits per heavy atom. The summed E-state index contributed by atoms with van der Waals surface area (Å²) in [5, 5.41) is 0. The van der Waals surface area contributed by atoms with E-state index in [4.69, 9.17) is 0 Å². The maximum absolute atomic E-state index is 12.7. The topological polar surface area (TPSA) is 20.3 Å². The van der Waals surface area contributed by atoms with E-state index >= 15 is 0 Å². The second kappa shape index (κ2) is 5.88. The average molecular weight is 338 g/mol. The van der Waals surface area contributed by atoms with Crippen LogP contribution in [0.2, 0.25) is 0 Å². The van der Waals surface area contributed by atoms with Crippen LogP contribution in [-0.2, 0) is 5.41 Å². The van der Waals surface area contributed by atoms with Crippen LogP contribution in [0, 0.1) is 5.92 Å². The molecule has 0 bridgehead atoms. The minimum absolute atomic E-state index is 0.00941. The number of halogens is 1. The summed E-state index contributed by atoms with van der Waals surface area (Å²) in [5.74, 6) is 0.795. The highest BCUT2D eigenvalue weighted by molar-refractivity contribution is 9.09. The van der Waals surface area contributed by atoms with Gasteiger partial charge in [0.1, 0.15) is 0 Å². The zero-order valence-electron chi connectivity index (χ0n) is 12.8. The first-order chi connectivity index (χ1) is 9.29. The fourth-order valence-electron chi connectivity index (χ4n) is 2.80. The molecule has 1 aromatic rings. The van der Waals surface area contributed by atoms with Gasteiger partial charge in [-0.2, -0.15) is 0 Å². The Bertz CT molecular complexity index is 486. The third-order valence-corrected chi connectivity index (χ3v) is 4.77. The van der Waals surface area contributed by atoms with Crippen LogP contribution >= 0.6 is 15.9 Å². The van der Waals surface area contributed by atoms with Gasteiger partial charge >= 0.3 is 0 Å². The Labute approximate surface area is 130 Å². The molecule has 0 aliphatic heterocycles. The molecule has 1 aliphatic rings. The summed E-state index contributed by atoms with van der Waals surface area (Å²) in [6.45, 7) is 7.32. The SMILES string of the molecule is CN(CC1CC(Br)C1)C(=O)c1ccccc1C(C)(C)C. The van der Waals surface area contributed by atoms with E-state index in [-0.39, 0.29) is 11.3 Å².